The van der Waals surface area contributed by atoms with E-state index in [9.17, 15) is 0 Å². The third-order valence-electron chi connectivity index (χ3n) is 11.9. The van der Waals surface area contributed by atoms with Gasteiger partial charge in [0.2, 0.25) is 0 Å². The first-order valence-corrected chi connectivity index (χ1v) is 21.6. The molecule has 10 rings (SSSR count). The van der Waals surface area contributed by atoms with E-state index in [1.807, 2.05) is 18.2 Å². The minimum Gasteiger partial charge on any atom is -0.519 e. The molecule has 3 N–H and O–H groups in total. The van der Waals surface area contributed by atoms with Crippen molar-refractivity contribution in [2.75, 3.05) is 42.1 Å². The second-order valence-electron chi connectivity index (χ2n) is 16.1. The van der Waals surface area contributed by atoms with E-state index >= 15 is 0 Å². The molecule has 0 spiro atoms. The molecule has 0 aliphatic carbocycles. The van der Waals surface area contributed by atoms with Gasteiger partial charge in [0.15, 0.2) is 0 Å². The summed E-state index contributed by atoms with van der Waals surface area (Å²) in [6.07, 6.45) is 1.89. The topological polar surface area (TPSA) is 129 Å². The van der Waals surface area contributed by atoms with Crippen LogP contribution in [0.1, 0.15) is 23.6 Å². The number of rotatable bonds is 15. The molecule has 3 heterocycles. The maximum Gasteiger partial charge on any atom is 0.632 e. The van der Waals surface area contributed by atoms with Gasteiger partial charge in [-0.3, -0.25) is 0 Å². The molecular formula is C46H41B6N6O6. The van der Waals surface area contributed by atoms with E-state index in [1.165, 1.54) is 0 Å². The summed E-state index contributed by atoms with van der Waals surface area (Å²) in [6.45, 7) is 8.53. The van der Waals surface area contributed by atoms with Crippen molar-refractivity contribution < 1.29 is 27.9 Å². The molecular weight excluding hydrogens is 797 g/mol. The zero-order valence-electron chi connectivity index (χ0n) is 35.9. The number of hydrogen-bond acceptors (Lipinski definition) is 11. The van der Waals surface area contributed by atoms with Gasteiger partial charge < -0.3 is 29.3 Å². The van der Waals surface area contributed by atoms with Crippen LogP contribution in [0.15, 0.2) is 106 Å². The van der Waals surface area contributed by atoms with Gasteiger partial charge in [-0.25, -0.2) is 0 Å². The van der Waals surface area contributed by atoms with Crippen LogP contribution in [-0.4, -0.2) is 70.9 Å². The van der Waals surface area contributed by atoms with E-state index in [0.29, 0.717) is 73.3 Å². The van der Waals surface area contributed by atoms with Crippen molar-refractivity contribution in [3.63, 3.8) is 0 Å². The van der Waals surface area contributed by atoms with E-state index in [-0.39, 0.29) is 0 Å². The Bertz CT molecular complexity index is 2850. The summed E-state index contributed by atoms with van der Waals surface area (Å²) >= 11 is 0. The minimum atomic E-state index is -0.674. The molecule has 18 heteroatoms. The Morgan fingerprint density at radius 3 is 1.20 bits per heavy atom. The quantitative estimate of drug-likeness (QED) is 0.0331. The Labute approximate surface area is 376 Å². The molecule has 7 aromatic carbocycles. The zero-order chi connectivity index (χ0) is 43.9. The van der Waals surface area contributed by atoms with Crippen molar-refractivity contribution in [2.24, 2.45) is 15.3 Å². The normalized spacial score (nSPS) is 13.5. The van der Waals surface area contributed by atoms with Gasteiger partial charge in [-0.2, -0.15) is 0 Å². The molecule has 3 aliphatic heterocycles. The van der Waals surface area contributed by atoms with E-state index in [2.05, 4.69) is 125 Å². The molecule has 0 fully saturated rings. The van der Waals surface area contributed by atoms with E-state index in [1.54, 1.807) is 0 Å². The molecule has 7 aromatic rings. The molecule has 0 bridgehead atoms. The summed E-state index contributed by atoms with van der Waals surface area (Å²) in [5.74, 6) is 3.82. The molecule has 5 radical (unpaired) electrons. The maximum atomic E-state index is 6.61. The van der Waals surface area contributed by atoms with Gasteiger partial charge in [0.05, 0.1) is 15.7 Å². The van der Waals surface area contributed by atoms with E-state index in [4.69, 9.17) is 51.3 Å². The molecule has 0 aromatic heterocycles. The number of fused-ring (bicyclic) bond motifs is 9. The maximum absolute atomic E-state index is 6.61. The summed E-state index contributed by atoms with van der Waals surface area (Å²) in [4.78, 5) is 0. The SMILES string of the molecule is [B]CCNc1cc(B2Oc3cc4c5cc6c(cc5c5cc7c(cc5c4cc3O2)OB(c2ccc(CC)c(NCCN=NN=[B])c2)O7)OB(c2ccc(C)c(NCC[B])c2)O6)ccc1C. The number of benzene rings is 7. The van der Waals surface area contributed by atoms with Crippen LogP contribution in [0.3, 0.4) is 0 Å². The van der Waals surface area contributed by atoms with Gasteiger partial charge in [0, 0.05) is 35.4 Å². The van der Waals surface area contributed by atoms with Crippen LogP contribution in [0.25, 0.3) is 32.3 Å². The van der Waals surface area contributed by atoms with Crippen molar-refractivity contribution in [1.82, 2.24) is 0 Å². The standard InChI is InChI=1S/C46H41B6N6O6/c1-4-28-7-10-31(19-40(28)55-15-16-56-58-57-49)52-63-45-24-36-34-22-43-41(59-50(61-43)29-8-5-26(2)38(17-29)53-13-11-47)20-32(34)33-21-42-44(23-35(33)37(36)25-46(45)64-52)62-51(60-42)30-9-6-27(3)39(18-30)54-14-12-48/h5-10,17-25,53-55H,4,11-16H2,1-3H3. The van der Waals surface area contributed by atoms with Gasteiger partial charge in [-0.05, 0) is 106 Å². The van der Waals surface area contributed by atoms with Gasteiger partial charge >= 0.3 is 132 Å². The zero-order valence-corrected chi connectivity index (χ0v) is 35.9. The van der Waals surface area contributed by atoms with Gasteiger partial charge in [0.1, 0.15) is 23.0 Å². The van der Waals surface area contributed by atoms with Crippen molar-refractivity contribution in [2.45, 2.75) is 39.8 Å². The average molecular weight is 839 g/mol. The number of aryl methyl sites for hydroxylation is 3. The Hall–Kier alpha value is -6.69. The number of hydrogen-bond donors (Lipinski definition) is 3. The summed E-state index contributed by atoms with van der Waals surface area (Å²) in [5.41, 5.74) is 8.96. The minimum absolute atomic E-state index is 0.422. The second kappa shape index (κ2) is 17.5. The van der Waals surface area contributed by atoms with Gasteiger partial charge in [-0.15, -0.1) is 0 Å². The van der Waals surface area contributed by atoms with Crippen molar-refractivity contribution in [3.8, 4) is 34.5 Å². The molecule has 12 nitrogen and oxygen atoms in total. The van der Waals surface area contributed by atoms with Crippen LogP contribution in [-0.2, 0) is 6.42 Å². The Balaban J connectivity index is 1.05. The van der Waals surface area contributed by atoms with Gasteiger partial charge in [-0.1, -0.05) is 36.9 Å². The average Bonchev–Trinajstić information content (AvgIpc) is 4.06. The molecule has 0 saturated heterocycles. The fourth-order valence-corrected chi connectivity index (χ4v) is 8.64. The van der Waals surface area contributed by atoms with E-state index < -0.39 is 21.4 Å². The Kier molecular flexibility index (Phi) is 11.3. The Morgan fingerprint density at radius 1 is 0.484 bits per heavy atom. The smallest absolute Gasteiger partial charge is 0.519 e. The fraction of sp³-hybridized carbons (Fsp3) is 0.217. The summed E-state index contributed by atoms with van der Waals surface area (Å²) in [5, 5.41) is 26.7. The molecule has 0 atom stereocenters. The third kappa shape index (κ3) is 7.73. The number of anilines is 3. The first kappa shape index (κ1) is 41.3. The first-order valence-electron chi connectivity index (χ1n) is 21.6. The van der Waals surface area contributed by atoms with Crippen molar-refractivity contribution in [1.29, 1.82) is 0 Å². The summed E-state index contributed by atoms with van der Waals surface area (Å²) in [6, 6.07) is 30.9. The predicted molar refractivity (Wildman–Crippen MR) is 262 cm³/mol. The molecule has 3 aliphatic rings. The predicted octanol–water partition coefficient (Wildman–Crippen LogP) is 6.95. The van der Waals surface area contributed by atoms with Crippen molar-refractivity contribution in [3.05, 3.63) is 108 Å². The van der Waals surface area contributed by atoms with Crippen LogP contribution in [0.4, 0.5) is 17.1 Å². The van der Waals surface area contributed by atoms with Crippen LogP contribution in [0.5, 0.6) is 34.5 Å². The summed E-state index contributed by atoms with van der Waals surface area (Å²) < 4.78 is 39.5. The fourth-order valence-electron chi connectivity index (χ4n) is 8.64. The largest absolute Gasteiger partial charge is 0.632 e. The van der Waals surface area contributed by atoms with Crippen molar-refractivity contribution >= 4 is 110 Å². The van der Waals surface area contributed by atoms with Gasteiger partial charge in [0.25, 0.3) is 0 Å². The third-order valence-corrected chi connectivity index (χ3v) is 11.9. The molecule has 64 heavy (non-hydrogen) atoms. The molecule has 0 saturated carbocycles. The second-order valence-corrected chi connectivity index (χ2v) is 16.1. The first-order chi connectivity index (χ1) is 31.3. The number of nitrogens with zero attached hydrogens (tertiary/aromatic N) is 3. The number of nitrogens with one attached hydrogen (secondary N) is 3. The van der Waals surface area contributed by atoms with Crippen LogP contribution in [0.2, 0.25) is 12.6 Å². The van der Waals surface area contributed by atoms with Crippen LogP contribution in [0, 0.1) is 13.8 Å². The molecule has 0 amide bonds. The van der Waals surface area contributed by atoms with Crippen LogP contribution >= 0.6 is 0 Å². The van der Waals surface area contributed by atoms with Crippen LogP contribution < -0.4 is 60.3 Å². The molecule has 309 valence electrons. The van der Waals surface area contributed by atoms with E-state index in [0.717, 1.165) is 88.9 Å². The Morgan fingerprint density at radius 2 is 0.844 bits per heavy atom. The monoisotopic (exact) mass is 839 g/mol. The molecule has 0 unspecified atom stereocenters. The summed E-state index contributed by atoms with van der Waals surface area (Å²) in [7, 11) is 14.7.